The van der Waals surface area contributed by atoms with Crippen molar-refractivity contribution in [2.75, 3.05) is 6.54 Å². The zero-order chi connectivity index (χ0) is 21.3. The molecule has 2 aromatic heterocycles. The maximum Gasteiger partial charge on any atom is 0.266 e. The molecule has 0 unspecified atom stereocenters. The minimum absolute atomic E-state index is 0.0617. The Morgan fingerprint density at radius 3 is 2.31 bits per heavy atom. The molecule has 1 N–H and O–H groups in total. The third kappa shape index (κ3) is 4.63. The van der Waals surface area contributed by atoms with Gasteiger partial charge in [-0.1, -0.05) is 17.7 Å². The third-order valence-electron chi connectivity index (χ3n) is 4.49. The molecule has 0 fully saturated rings. The van der Waals surface area contributed by atoms with Crippen LogP contribution in [0.15, 0.2) is 34.0 Å². The zero-order valence-electron chi connectivity index (χ0n) is 17.1. The number of rotatable bonds is 6. The van der Waals surface area contributed by atoms with E-state index in [9.17, 15) is 13.2 Å². The van der Waals surface area contributed by atoms with Gasteiger partial charge in [0.25, 0.3) is 5.56 Å². The Bertz CT molecular complexity index is 1200. The highest BCUT2D eigenvalue weighted by Crippen LogP contribution is 2.27. The summed E-state index contributed by atoms with van der Waals surface area (Å²) in [7, 11) is -3.69. The topological polar surface area (TPSA) is 93.9 Å². The van der Waals surface area contributed by atoms with Gasteiger partial charge in [-0.25, -0.2) is 22.8 Å². The van der Waals surface area contributed by atoms with Crippen LogP contribution >= 0.6 is 11.3 Å². The summed E-state index contributed by atoms with van der Waals surface area (Å²) in [4.78, 5) is 17.8. The van der Waals surface area contributed by atoms with Gasteiger partial charge in [0.1, 0.15) is 5.69 Å². The lowest BCUT2D eigenvalue weighted by atomic mass is 10.1. The number of nitrogens with one attached hydrogen (secondary N) is 1. The summed E-state index contributed by atoms with van der Waals surface area (Å²) >= 11 is 1.51. The summed E-state index contributed by atoms with van der Waals surface area (Å²) in [6.07, 6.45) is 0. The maximum absolute atomic E-state index is 12.8. The van der Waals surface area contributed by atoms with E-state index in [1.807, 2.05) is 32.9 Å². The van der Waals surface area contributed by atoms with Crippen molar-refractivity contribution in [3.8, 4) is 10.6 Å². The number of hydrogen-bond acceptors (Lipinski definition) is 6. The van der Waals surface area contributed by atoms with Gasteiger partial charge >= 0.3 is 0 Å². The van der Waals surface area contributed by atoms with E-state index in [0.29, 0.717) is 16.8 Å². The number of thiazole rings is 1. The molecule has 0 radical (unpaired) electrons. The molecule has 3 aromatic rings. The molecule has 0 saturated carbocycles. The van der Waals surface area contributed by atoms with Crippen molar-refractivity contribution in [2.24, 2.45) is 0 Å². The van der Waals surface area contributed by atoms with Gasteiger partial charge in [0.2, 0.25) is 10.0 Å². The molecule has 0 aliphatic carbocycles. The molecule has 0 aliphatic rings. The molecule has 7 nitrogen and oxygen atoms in total. The molecule has 0 atom stereocenters. The number of sulfonamides is 1. The molecule has 1 aromatic carbocycles. The lowest BCUT2D eigenvalue weighted by Gasteiger charge is -2.13. The van der Waals surface area contributed by atoms with Gasteiger partial charge in [0.15, 0.2) is 0 Å². The van der Waals surface area contributed by atoms with Crippen LogP contribution in [0.1, 0.15) is 27.4 Å². The van der Waals surface area contributed by atoms with Crippen molar-refractivity contribution in [1.82, 2.24) is 19.5 Å². The first-order chi connectivity index (χ1) is 13.6. The van der Waals surface area contributed by atoms with Gasteiger partial charge in [-0.2, -0.15) is 5.10 Å². The SMILES string of the molecule is Cc1cc(C)c(S(=O)(=O)NCCn2nc(-c3sc(C)nc3C)ccc2=O)c(C)c1. The Labute approximate surface area is 174 Å². The van der Waals surface area contributed by atoms with E-state index in [-0.39, 0.29) is 23.5 Å². The fraction of sp³-hybridized carbons (Fsp3) is 0.350. The van der Waals surface area contributed by atoms with Crippen molar-refractivity contribution in [2.45, 2.75) is 46.1 Å². The Kier molecular flexibility index (Phi) is 6.02. The van der Waals surface area contributed by atoms with E-state index in [2.05, 4.69) is 14.8 Å². The van der Waals surface area contributed by atoms with Crippen LogP contribution < -0.4 is 10.3 Å². The highest BCUT2D eigenvalue weighted by molar-refractivity contribution is 7.89. The predicted octanol–water partition coefficient (Wildman–Crippen LogP) is 2.89. The Balaban J connectivity index is 1.79. The van der Waals surface area contributed by atoms with Gasteiger partial charge in [0.05, 0.1) is 27.0 Å². The van der Waals surface area contributed by atoms with Crippen LogP contribution in [0.3, 0.4) is 0 Å². The summed E-state index contributed by atoms with van der Waals surface area (Å²) in [6.45, 7) is 9.50. The van der Waals surface area contributed by atoms with E-state index in [0.717, 1.165) is 21.1 Å². The second-order valence-corrected chi connectivity index (χ2v) is 9.96. The van der Waals surface area contributed by atoms with Crippen molar-refractivity contribution in [3.05, 3.63) is 62.0 Å². The smallest absolute Gasteiger partial charge is 0.266 e. The Morgan fingerprint density at radius 2 is 1.72 bits per heavy atom. The van der Waals surface area contributed by atoms with Crippen LogP contribution in [0.2, 0.25) is 0 Å². The van der Waals surface area contributed by atoms with Gasteiger partial charge < -0.3 is 0 Å². The molecule has 29 heavy (non-hydrogen) atoms. The summed E-state index contributed by atoms with van der Waals surface area (Å²) in [5.74, 6) is 0. The minimum atomic E-state index is -3.69. The second-order valence-electron chi connectivity index (χ2n) is 7.05. The van der Waals surface area contributed by atoms with Crippen LogP contribution in [0.4, 0.5) is 0 Å². The summed E-state index contributed by atoms with van der Waals surface area (Å²) < 4.78 is 29.4. The molecule has 0 amide bonds. The monoisotopic (exact) mass is 432 g/mol. The Morgan fingerprint density at radius 1 is 1.07 bits per heavy atom. The lowest BCUT2D eigenvalue weighted by Crippen LogP contribution is -2.32. The predicted molar refractivity (Wildman–Crippen MR) is 115 cm³/mol. The first-order valence-corrected chi connectivity index (χ1v) is 11.5. The molecule has 9 heteroatoms. The molecule has 154 valence electrons. The molecular weight excluding hydrogens is 408 g/mol. The molecule has 0 bridgehead atoms. The van der Waals surface area contributed by atoms with Gasteiger partial charge in [0, 0.05) is 12.6 Å². The van der Waals surface area contributed by atoms with E-state index in [1.54, 1.807) is 19.9 Å². The number of hydrogen-bond donors (Lipinski definition) is 1. The average Bonchev–Trinajstić information content (AvgIpc) is 2.93. The fourth-order valence-electron chi connectivity index (χ4n) is 3.45. The van der Waals surface area contributed by atoms with Crippen molar-refractivity contribution in [1.29, 1.82) is 0 Å². The number of aromatic nitrogens is 3. The van der Waals surface area contributed by atoms with Crippen LogP contribution in [-0.2, 0) is 16.6 Å². The summed E-state index contributed by atoms with van der Waals surface area (Å²) in [5.41, 5.74) is 3.64. The standard InChI is InChI=1S/C20H24N4O3S2/c1-12-10-13(2)20(14(3)11-12)29(26,27)21-8-9-24-18(25)7-6-17(23-24)19-15(4)22-16(5)28-19/h6-7,10-11,21H,8-9H2,1-5H3. The lowest BCUT2D eigenvalue weighted by molar-refractivity contribution is 0.548. The van der Waals surface area contributed by atoms with E-state index < -0.39 is 10.0 Å². The van der Waals surface area contributed by atoms with Gasteiger partial charge in [-0.05, 0) is 51.8 Å². The average molecular weight is 433 g/mol. The first-order valence-electron chi connectivity index (χ1n) is 9.18. The third-order valence-corrected chi connectivity index (χ3v) is 7.35. The maximum atomic E-state index is 12.8. The fourth-order valence-corrected chi connectivity index (χ4v) is 5.80. The molecule has 2 heterocycles. The zero-order valence-corrected chi connectivity index (χ0v) is 18.7. The molecule has 0 aliphatic heterocycles. The van der Waals surface area contributed by atoms with Crippen LogP contribution in [0, 0.1) is 34.6 Å². The normalized spacial score (nSPS) is 11.8. The largest absolute Gasteiger partial charge is 0.268 e. The van der Waals surface area contributed by atoms with Crippen molar-refractivity contribution >= 4 is 21.4 Å². The second kappa shape index (κ2) is 8.17. The van der Waals surface area contributed by atoms with E-state index in [4.69, 9.17) is 0 Å². The van der Waals surface area contributed by atoms with Gasteiger partial charge in [-0.3, -0.25) is 4.79 Å². The van der Waals surface area contributed by atoms with Crippen molar-refractivity contribution in [3.63, 3.8) is 0 Å². The van der Waals surface area contributed by atoms with E-state index in [1.165, 1.54) is 22.1 Å². The van der Waals surface area contributed by atoms with Crippen LogP contribution in [0.5, 0.6) is 0 Å². The van der Waals surface area contributed by atoms with Crippen molar-refractivity contribution < 1.29 is 8.42 Å². The highest BCUT2D eigenvalue weighted by Gasteiger charge is 2.19. The quantitative estimate of drug-likeness (QED) is 0.646. The first kappa shape index (κ1) is 21.4. The van der Waals surface area contributed by atoms with Crippen LogP contribution in [0.25, 0.3) is 10.6 Å². The summed E-state index contributed by atoms with van der Waals surface area (Å²) in [5, 5.41) is 5.32. The summed E-state index contributed by atoms with van der Waals surface area (Å²) in [6, 6.07) is 6.80. The van der Waals surface area contributed by atoms with Crippen LogP contribution in [-0.4, -0.2) is 29.7 Å². The minimum Gasteiger partial charge on any atom is -0.268 e. The van der Waals surface area contributed by atoms with Gasteiger partial charge in [-0.15, -0.1) is 11.3 Å². The molecule has 0 saturated heterocycles. The van der Waals surface area contributed by atoms with E-state index >= 15 is 0 Å². The molecule has 0 spiro atoms. The number of aryl methyl sites for hydroxylation is 5. The Hall–Kier alpha value is -2.36. The molecular formula is C20H24N4O3S2. The molecule has 3 rings (SSSR count). The highest BCUT2D eigenvalue weighted by atomic mass is 32.2. The number of nitrogens with zero attached hydrogens (tertiary/aromatic N) is 3. The number of benzene rings is 1.